The van der Waals surface area contributed by atoms with Crippen LogP contribution in [0.15, 0.2) is 30.6 Å². The second-order valence-electron chi connectivity index (χ2n) is 3.06. The van der Waals surface area contributed by atoms with Crippen molar-refractivity contribution >= 4 is 11.0 Å². The summed E-state index contributed by atoms with van der Waals surface area (Å²) in [5, 5.41) is 0. The van der Waals surface area contributed by atoms with Gasteiger partial charge in [-0.1, -0.05) is 0 Å². The van der Waals surface area contributed by atoms with Crippen LogP contribution >= 0.6 is 0 Å². The number of hydrogen-bond acceptors (Lipinski definition) is 2. The van der Waals surface area contributed by atoms with E-state index in [1.165, 1.54) is 5.52 Å². The van der Waals surface area contributed by atoms with Crippen molar-refractivity contribution in [3.63, 3.8) is 0 Å². The summed E-state index contributed by atoms with van der Waals surface area (Å²) in [6.45, 7) is 1.71. The lowest BCUT2D eigenvalue weighted by molar-refractivity contribution is 0.670. The first-order chi connectivity index (χ1) is 6.42. The molecular weight excluding hydrogens is 162 g/mol. The largest absolute Gasteiger partial charge is 0.346 e. The Labute approximate surface area is 77.2 Å². The predicted octanol–water partition coefficient (Wildman–Crippen LogP) is 1.39. The van der Waals surface area contributed by atoms with Crippen molar-refractivity contribution in [2.24, 2.45) is 5.73 Å². The maximum absolute atomic E-state index is 5.46. The molecule has 3 heteroatoms. The van der Waals surface area contributed by atoms with Crippen LogP contribution in [0.25, 0.3) is 11.0 Å². The van der Waals surface area contributed by atoms with Crippen LogP contribution in [0.1, 0.15) is 6.42 Å². The van der Waals surface area contributed by atoms with Crippen molar-refractivity contribution in [2.45, 2.75) is 13.0 Å². The van der Waals surface area contributed by atoms with Gasteiger partial charge in [0.05, 0.1) is 11.0 Å². The minimum absolute atomic E-state index is 0.736. The Balaban J connectivity index is 2.35. The van der Waals surface area contributed by atoms with Gasteiger partial charge < -0.3 is 10.3 Å². The lowest BCUT2D eigenvalue weighted by Crippen LogP contribution is -2.04. The quantitative estimate of drug-likeness (QED) is 0.766. The molecule has 2 N–H and O–H groups in total. The van der Waals surface area contributed by atoms with Gasteiger partial charge >= 0.3 is 0 Å². The third-order valence-electron chi connectivity index (χ3n) is 2.14. The highest BCUT2D eigenvalue weighted by atomic mass is 15.0. The molecule has 2 aromatic heterocycles. The summed E-state index contributed by atoms with van der Waals surface area (Å²) in [7, 11) is 0. The third-order valence-corrected chi connectivity index (χ3v) is 2.14. The molecule has 0 fully saturated rings. The van der Waals surface area contributed by atoms with Crippen molar-refractivity contribution in [2.75, 3.05) is 6.54 Å². The summed E-state index contributed by atoms with van der Waals surface area (Å²) in [5.74, 6) is 0. The number of aromatic nitrogens is 2. The molecule has 0 atom stereocenters. The molecule has 0 aromatic carbocycles. The lowest BCUT2D eigenvalue weighted by atomic mass is 10.4. The van der Waals surface area contributed by atoms with E-state index in [2.05, 4.69) is 21.8 Å². The Morgan fingerprint density at radius 2 is 2.31 bits per heavy atom. The summed E-state index contributed by atoms with van der Waals surface area (Å²) in [5.41, 5.74) is 7.71. The molecule has 0 aliphatic rings. The first-order valence-corrected chi connectivity index (χ1v) is 4.52. The van der Waals surface area contributed by atoms with Crippen LogP contribution in [-0.2, 0) is 6.54 Å². The fraction of sp³-hybridized carbons (Fsp3) is 0.300. The van der Waals surface area contributed by atoms with Gasteiger partial charge in [0.25, 0.3) is 0 Å². The molecule has 0 spiro atoms. The molecule has 2 heterocycles. The summed E-state index contributed by atoms with van der Waals surface area (Å²) < 4.78 is 2.19. The normalized spacial score (nSPS) is 10.8. The van der Waals surface area contributed by atoms with Crippen LogP contribution in [0, 0.1) is 0 Å². The number of rotatable bonds is 3. The van der Waals surface area contributed by atoms with Crippen molar-refractivity contribution in [1.82, 2.24) is 9.55 Å². The molecule has 68 valence electrons. The van der Waals surface area contributed by atoms with Crippen LogP contribution in [0.5, 0.6) is 0 Å². The SMILES string of the molecule is NCCCn1ccc2ncccc21. The maximum Gasteiger partial charge on any atom is 0.0880 e. The van der Waals surface area contributed by atoms with Gasteiger partial charge in [-0.2, -0.15) is 0 Å². The van der Waals surface area contributed by atoms with Gasteiger partial charge in [-0.3, -0.25) is 4.98 Å². The van der Waals surface area contributed by atoms with Crippen LogP contribution in [0.4, 0.5) is 0 Å². The van der Waals surface area contributed by atoms with E-state index in [-0.39, 0.29) is 0 Å². The molecule has 0 aliphatic heterocycles. The molecule has 2 rings (SSSR count). The maximum atomic E-state index is 5.46. The highest BCUT2D eigenvalue weighted by Crippen LogP contribution is 2.12. The highest BCUT2D eigenvalue weighted by molar-refractivity contribution is 5.75. The average Bonchev–Trinajstić information content (AvgIpc) is 2.58. The van der Waals surface area contributed by atoms with E-state index in [4.69, 9.17) is 5.73 Å². The number of nitrogens with zero attached hydrogens (tertiary/aromatic N) is 2. The van der Waals surface area contributed by atoms with Gasteiger partial charge in [-0.15, -0.1) is 0 Å². The Bertz CT molecular complexity index is 392. The number of fused-ring (bicyclic) bond motifs is 1. The average molecular weight is 175 g/mol. The third kappa shape index (κ3) is 1.55. The summed E-state index contributed by atoms with van der Waals surface area (Å²) in [4.78, 5) is 4.26. The Kier molecular flexibility index (Phi) is 2.27. The number of pyridine rings is 1. The molecule has 2 aromatic rings. The van der Waals surface area contributed by atoms with Crippen LogP contribution in [-0.4, -0.2) is 16.1 Å². The van der Waals surface area contributed by atoms with Gasteiger partial charge in [-0.05, 0) is 31.2 Å². The zero-order valence-electron chi connectivity index (χ0n) is 7.48. The molecule has 0 saturated heterocycles. The molecular formula is C10H13N3. The number of hydrogen-bond donors (Lipinski definition) is 1. The first kappa shape index (κ1) is 8.26. The Hall–Kier alpha value is -1.35. The van der Waals surface area contributed by atoms with E-state index in [0.29, 0.717) is 0 Å². The molecule has 0 aliphatic carbocycles. The fourth-order valence-electron chi connectivity index (χ4n) is 1.48. The zero-order chi connectivity index (χ0) is 9.10. The number of aryl methyl sites for hydroxylation is 1. The Morgan fingerprint density at radius 1 is 1.38 bits per heavy atom. The number of nitrogens with two attached hydrogens (primary N) is 1. The van der Waals surface area contributed by atoms with E-state index in [9.17, 15) is 0 Å². The lowest BCUT2D eigenvalue weighted by Gasteiger charge is -2.02. The minimum Gasteiger partial charge on any atom is -0.346 e. The van der Waals surface area contributed by atoms with Crippen molar-refractivity contribution in [3.8, 4) is 0 Å². The summed E-state index contributed by atoms with van der Waals surface area (Å²) in [6.07, 6.45) is 4.89. The second kappa shape index (κ2) is 3.58. The van der Waals surface area contributed by atoms with Crippen LogP contribution in [0.3, 0.4) is 0 Å². The van der Waals surface area contributed by atoms with Gasteiger partial charge in [0.15, 0.2) is 0 Å². The Morgan fingerprint density at radius 3 is 3.15 bits per heavy atom. The highest BCUT2D eigenvalue weighted by Gasteiger charge is 1.98. The van der Waals surface area contributed by atoms with Gasteiger partial charge in [0.2, 0.25) is 0 Å². The molecule has 0 unspecified atom stereocenters. The van der Waals surface area contributed by atoms with Gasteiger partial charge in [0, 0.05) is 18.9 Å². The van der Waals surface area contributed by atoms with Gasteiger partial charge in [0.1, 0.15) is 0 Å². The molecule has 13 heavy (non-hydrogen) atoms. The van der Waals surface area contributed by atoms with Crippen molar-refractivity contribution < 1.29 is 0 Å². The first-order valence-electron chi connectivity index (χ1n) is 4.52. The zero-order valence-corrected chi connectivity index (χ0v) is 7.48. The standard InChI is InChI=1S/C10H13N3/c11-5-2-7-13-8-4-9-10(13)3-1-6-12-9/h1,3-4,6,8H,2,5,7,11H2. The van der Waals surface area contributed by atoms with Crippen molar-refractivity contribution in [1.29, 1.82) is 0 Å². The van der Waals surface area contributed by atoms with Gasteiger partial charge in [-0.25, -0.2) is 0 Å². The summed E-state index contributed by atoms with van der Waals surface area (Å²) in [6, 6.07) is 6.08. The monoisotopic (exact) mass is 175 g/mol. The molecule has 0 radical (unpaired) electrons. The predicted molar refractivity (Wildman–Crippen MR) is 53.4 cm³/mol. The van der Waals surface area contributed by atoms with E-state index in [1.54, 1.807) is 0 Å². The van der Waals surface area contributed by atoms with E-state index >= 15 is 0 Å². The minimum atomic E-state index is 0.736. The topological polar surface area (TPSA) is 43.8 Å². The summed E-state index contributed by atoms with van der Waals surface area (Å²) >= 11 is 0. The molecule has 0 amide bonds. The molecule has 0 bridgehead atoms. The van der Waals surface area contributed by atoms with Crippen LogP contribution < -0.4 is 5.73 Å². The van der Waals surface area contributed by atoms with E-state index in [1.807, 2.05) is 18.3 Å². The smallest absolute Gasteiger partial charge is 0.0880 e. The molecule has 0 saturated carbocycles. The fourth-order valence-corrected chi connectivity index (χ4v) is 1.48. The molecule has 3 nitrogen and oxygen atoms in total. The second-order valence-corrected chi connectivity index (χ2v) is 3.06. The van der Waals surface area contributed by atoms with E-state index in [0.717, 1.165) is 25.0 Å². The van der Waals surface area contributed by atoms with Crippen LogP contribution in [0.2, 0.25) is 0 Å². The van der Waals surface area contributed by atoms with Crippen molar-refractivity contribution in [3.05, 3.63) is 30.6 Å². The van der Waals surface area contributed by atoms with E-state index < -0.39 is 0 Å².